The molecule has 29 heavy (non-hydrogen) atoms. The molecule has 0 aliphatic carbocycles. The molecule has 0 bridgehead atoms. The minimum absolute atomic E-state index is 0.00949. The zero-order valence-corrected chi connectivity index (χ0v) is 17.8. The van der Waals surface area contributed by atoms with Crippen LogP contribution in [-0.4, -0.2) is 9.55 Å². The molecule has 0 saturated carbocycles. The molecule has 144 valence electrons. The van der Waals surface area contributed by atoms with Crippen LogP contribution in [0.5, 0.6) is 0 Å². The predicted octanol–water partition coefficient (Wildman–Crippen LogP) is 7.05. The van der Waals surface area contributed by atoms with Crippen LogP contribution in [0.15, 0.2) is 77.4 Å². The van der Waals surface area contributed by atoms with Crippen molar-refractivity contribution in [3.05, 3.63) is 106 Å². The summed E-state index contributed by atoms with van der Waals surface area (Å²) >= 11 is 3.61. The fraction of sp³-hybridized carbons (Fsp3) is 0.120. The summed E-state index contributed by atoms with van der Waals surface area (Å²) in [5, 5.41) is 2.40. The number of hydrogen-bond acceptors (Lipinski definition) is 0. The smallest absolute Gasteiger partial charge is 0.123 e. The molecule has 4 heteroatoms. The van der Waals surface area contributed by atoms with E-state index in [0.717, 1.165) is 15.6 Å². The van der Waals surface area contributed by atoms with Gasteiger partial charge in [0.15, 0.2) is 0 Å². The Labute approximate surface area is 177 Å². The number of aromatic nitrogens is 2. The van der Waals surface area contributed by atoms with E-state index in [1.165, 1.54) is 33.1 Å². The topological polar surface area (TPSA) is 20.7 Å². The number of hydrogen-bond donors (Lipinski definition) is 1. The molecular weight excluding hydrogens is 427 g/mol. The quantitative estimate of drug-likeness (QED) is 0.306. The SMILES string of the molecule is Cc1c(C(c2ccc(F)cc2)c2c[nH]c3ccc(Br)cc23)c2ccccc2n1C. The van der Waals surface area contributed by atoms with E-state index in [1.54, 1.807) is 12.1 Å². The average Bonchev–Trinajstić information content (AvgIpc) is 3.24. The maximum atomic E-state index is 13.7. The van der Waals surface area contributed by atoms with E-state index < -0.39 is 0 Å². The first-order valence-corrected chi connectivity index (χ1v) is 10.4. The first kappa shape index (κ1) is 18.2. The molecule has 2 heterocycles. The Morgan fingerprint density at radius 2 is 1.72 bits per heavy atom. The molecule has 0 saturated heterocycles. The summed E-state index contributed by atoms with van der Waals surface area (Å²) in [4.78, 5) is 3.42. The normalized spacial score (nSPS) is 12.7. The Hall–Kier alpha value is -2.85. The number of fused-ring (bicyclic) bond motifs is 2. The second-order valence-corrected chi connectivity index (χ2v) is 8.41. The van der Waals surface area contributed by atoms with Crippen molar-refractivity contribution in [2.75, 3.05) is 0 Å². The molecule has 1 N–H and O–H groups in total. The lowest BCUT2D eigenvalue weighted by Crippen LogP contribution is -2.05. The van der Waals surface area contributed by atoms with Crippen molar-refractivity contribution in [1.82, 2.24) is 9.55 Å². The van der Waals surface area contributed by atoms with Gasteiger partial charge >= 0.3 is 0 Å². The van der Waals surface area contributed by atoms with Crippen LogP contribution in [0.25, 0.3) is 21.8 Å². The molecule has 5 rings (SSSR count). The third-order valence-electron chi connectivity index (χ3n) is 5.93. The first-order chi connectivity index (χ1) is 14.0. The summed E-state index contributed by atoms with van der Waals surface area (Å²) in [6, 6.07) is 21.7. The minimum atomic E-state index is -0.219. The second-order valence-electron chi connectivity index (χ2n) is 7.49. The van der Waals surface area contributed by atoms with Crippen LogP contribution in [-0.2, 0) is 7.05 Å². The zero-order chi connectivity index (χ0) is 20.1. The van der Waals surface area contributed by atoms with Crippen molar-refractivity contribution >= 4 is 37.7 Å². The maximum Gasteiger partial charge on any atom is 0.123 e. The summed E-state index contributed by atoms with van der Waals surface area (Å²) in [7, 11) is 2.11. The van der Waals surface area contributed by atoms with Crippen LogP contribution in [0.3, 0.4) is 0 Å². The fourth-order valence-corrected chi connectivity index (χ4v) is 4.79. The summed E-state index contributed by atoms with van der Waals surface area (Å²) in [5.74, 6) is -0.228. The monoisotopic (exact) mass is 446 g/mol. The molecule has 5 aromatic rings. The van der Waals surface area contributed by atoms with E-state index in [0.29, 0.717) is 0 Å². The van der Waals surface area contributed by atoms with Crippen molar-refractivity contribution in [1.29, 1.82) is 0 Å². The number of aryl methyl sites for hydroxylation is 1. The van der Waals surface area contributed by atoms with Gasteiger partial charge in [-0.2, -0.15) is 0 Å². The standard InChI is InChI=1S/C25H20BrFN2/c1-15-24(19-5-3-4-6-23(19)29(15)2)25(16-7-10-18(27)11-8-16)21-14-28-22-12-9-17(26)13-20(21)22/h3-14,25,28H,1-2H3. The molecule has 0 fully saturated rings. The molecule has 3 aromatic carbocycles. The van der Waals surface area contributed by atoms with Crippen LogP contribution in [0.1, 0.15) is 28.3 Å². The van der Waals surface area contributed by atoms with Gasteiger partial charge in [0, 0.05) is 51.1 Å². The van der Waals surface area contributed by atoms with Gasteiger partial charge in [-0.05, 0) is 60.0 Å². The van der Waals surface area contributed by atoms with Crippen LogP contribution in [0.2, 0.25) is 0 Å². The number of para-hydroxylation sites is 1. The Balaban J connectivity index is 1.86. The van der Waals surface area contributed by atoms with Crippen molar-refractivity contribution in [3.8, 4) is 0 Å². The van der Waals surface area contributed by atoms with Crippen LogP contribution in [0, 0.1) is 12.7 Å². The van der Waals surface area contributed by atoms with Gasteiger partial charge in [0.05, 0.1) is 0 Å². The Bertz CT molecular complexity index is 1350. The lowest BCUT2D eigenvalue weighted by atomic mass is 9.83. The Morgan fingerprint density at radius 1 is 0.966 bits per heavy atom. The van der Waals surface area contributed by atoms with Crippen molar-refractivity contribution in [2.24, 2.45) is 7.05 Å². The zero-order valence-electron chi connectivity index (χ0n) is 16.2. The molecule has 0 aliphatic heterocycles. The van der Waals surface area contributed by atoms with Crippen molar-refractivity contribution in [3.63, 3.8) is 0 Å². The van der Waals surface area contributed by atoms with Crippen molar-refractivity contribution < 1.29 is 4.39 Å². The summed E-state index contributed by atoms with van der Waals surface area (Å²) < 4.78 is 17.0. The van der Waals surface area contributed by atoms with E-state index >= 15 is 0 Å². The van der Waals surface area contributed by atoms with Gasteiger partial charge in [-0.25, -0.2) is 4.39 Å². The molecular formula is C25H20BrFN2. The second kappa shape index (κ2) is 6.89. The molecule has 0 aliphatic rings. The van der Waals surface area contributed by atoms with Crippen molar-refractivity contribution in [2.45, 2.75) is 12.8 Å². The number of nitrogens with zero attached hydrogens (tertiary/aromatic N) is 1. The maximum absolute atomic E-state index is 13.7. The van der Waals surface area contributed by atoms with E-state index in [1.807, 2.05) is 18.2 Å². The number of aromatic amines is 1. The van der Waals surface area contributed by atoms with E-state index in [2.05, 4.69) is 82.0 Å². The van der Waals surface area contributed by atoms with E-state index in [4.69, 9.17) is 0 Å². The van der Waals surface area contributed by atoms with Gasteiger partial charge in [0.1, 0.15) is 5.82 Å². The molecule has 0 radical (unpaired) electrons. The van der Waals surface area contributed by atoms with Crippen LogP contribution >= 0.6 is 15.9 Å². The highest BCUT2D eigenvalue weighted by Gasteiger charge is 2.26. The highest BCUT2D eigenvalue weighted by atomic mass is 79.9. The van der Waals surface area contributed by atoms with Gasteiger partial charge in [0.25, 0.3) is 0 Å². The van der Waals surface area contributed by atoms with Gasteiger partial charge in [-0.1, -0.05) is 46.3 Å². The van der Waals surface area contributed by atoms with Gasteiger partial charge in [-0.3, -0.25) is 0 Å². The predicted molar refractivity (Wildman–Crippen MR) is 121 cm³/mol. The number of nitrogens with one attached hydrogen (secondary N) is 1. The van der Waals surface area contributed by atoms with Crippen LogP contribution < -0.4 is 0 Å². The van der Waals surface area contributed by atoms with E-state index in [-0.39, 0.29) is 11.7 Å². The third kappa shape index (κ3) is 2.90. The Morgan fingerprint density at radius 3 is 2.52 bits per heavy atom. The first-order valence-electron chi connectivity index (χ1n) is 9.60. The molecule has 1 unspecified atom stereocenters. The molecule has 0 amide bonds. The Kier molecular flexibility index (Phi) is 4.32. The average molecular weight is 447 g/mol. The summed E-state index contributed by atoms with van der Waals surface area (Å²) in [6.07, 6.45) is 2.09. The minimum Gasteiger partial charge on any atom is -0.361 e. The largest absolute Gasteiger partial charge is 0.361 e. The molecule has 2 aromatic heterocycles. The highest BCUT2D eigenvalue weighted by molar-refractivity contribution is 9.10. The number of benzene rings is 3. The molecule has 2 nitrogen and oxygen atoms in total. The van der Waals surface area contributed by atoms with Gasteiger partial charge < -0.3 is 9.55 Å². The number of rotatable bonds is 3. The van der Waals surface area contributed by atoms with Crippen LogP contribution in [0.4, 0.5) is 4.39 Å². The third-order valence-corrected chi connectivity index (χ3v) is 6.42. The summed E-state index contributed by atoms with van der Waals surface area (Å²) in [5.41, 5.74) is 7.03. The molecule has 1 atom stereocenters. The number of H-pyrrole nitrogens is 1. The number of halogens is 2. The van der Waals surface area contributed by atoms with Gasteiger partial charge in [0.2, 0.25) is 0 Å². The summed E-state index contributed by atoms with van der Waals surface area (Å²) in [6.45, 7) is 2.16. The highest BCUT2D eigenvalue weighted by Crippen LogP contribution is 2.42. The van der Waals surface area contributed by atoms with Gasteiger partial charge in [-0.15, -0.1) is 0 Å². The lowest BCUT2D eigenvalue weighted by molar-refractivity contribution is 0.627. The molecule has 0 spiro atoms. The lowest BCUT2D eigenvalue weighted by Gasteiger charge is -2.19. The fourth-order valence-electron chi connectivity index (χ4n) is 4.42. The van der Waals surface area contributed by atoms with E-state index in [9.17, 15) is 4.39 Å².